The van der Waals surface area contributed by atoms with Gasteiger partial charge in [0.15, 0.2) is 0 Å². The molecule has 2 rings (SSSR count). The number of aryl methyl sites for hydroxylation is 1. The molecule has 0 aliphatic rings. The molecular weight excluding hydrogens is 240 g/mol. The van der Waals surface area contributed by atoms with Crippen molar-refractivity contribution in [3.8, 4) is 0 Å². The highest BCUT2D eigenvalue weighted by Gasteiger charge is 2.07. The summed E-state index contributed by atoms with van der Waals surface area (Å²) >= 11 is 1.30. The summed E-state index contributed by atoms with van der Waals surface area (Å²) in [5, 5.41) is 12.1. The van der Waals surface area contributed by atoms with Crippen LogP contribution in [-0.4, -0.2) is 27.3 Å². The first-order valence-electron chi connectivity index (χ1n) is 4.80. The molecule has 6 nitrogen and oxygen atoms in total. The quantitative estimate of drug-likeness (QED) is 0.603. The average Bonchev–Trinajstić information content (AvgIpc) is 2.84. The van der Waals surface area contributed by atoms with E-state index >= 15 is 0 Å². The molecule has 0 unspecified atom stereocenters. The molecule has 0 atom stereocenters. The molecule has 0 N–H and O–H groups in total. The maximum atomic E-state index is 11.8. The Morgan fingerprint density at radius 2 is 2.35 bits per heavy atom. The van der Waals surface area contributed by atoms with E-state index in [1.807, 2.05) is 0 Å². The van der Waals surface area contributed by atoms with Crippen LogP contribution >= 0.6 is 11.8 Å². The lowest BCUT2D eigenvalue weighted by Crippen LogP contribution is -2.23. The minimum absolute atomic E-state index is 0.285. The molecule has 2 aromatic heterocycles. The number of aromatic nitrogens is 3. The van der Waals surface area contributed by atoms with Crippen molar-refractivity contribution in [3.05, 3.63) is 40.2 Å². The summed E-state index contributed by atoms with van der Waals surface area (Å²) in [5.74, 6) is 0.568. The molecule has 7 heteroatoms. The van der Waals surface area contributed by atoms with E-state index in [-0.39, 0.29) is 5.56 Å². The molecule has 0 bridgehead atoms. The zero-order valence-electron chi connectivity index (χ0n) is 9.32. The normalized spacial score (nSPS) is 11.2. The van der Waals surface area contributed by atoms with E-state index in [1.165, 1.54) is 28.9 Å². The van der Waals surface area contributed by atoms with Crippen LogP contribution in [0.4, 0.5) is 0 Å². The first kappa shape index (κ1) is 11.6. The summed E-state index contributed by atoms with van der Waals surface area (Å²) in [6.45, 7) is 1.60. The Balaban J connectivity index is 2.44. The van der Waals surface area contributed by atoms with Crippen molar-refractivity contribution >= 4 is 18.0 Å². The second kappa shape index (κ2) is 4.96. The minimum atomic E-state index is -0.285. The van der Waals surface area contributed by atoms with Crippen LogP contribution in [0.3, 0.4) is 0 Å². The molecule has 0 saturated heterocycles. The maximum Gasteiger partial charge on any atom is 0.296 e. The molecule has 0 aromatic carbocycles. The van der Waals surface area contributed by atoms with E-state index in [1.54, 1.807) is 25.3 Å². The number of hydrogen-bond acceptors (Lipinski definition) is 6. The Hall–Kier alpha value is -1.89. The number of furan rings is 1. The lowest BCUT2D eigenvalue weighted by atomic mass is 10.5. The van der Waals surface area contributed by atoms with Crippen molar-refractivity contribution < 1.29 is 4.42 Å². The Labute approximate surface area is 101 Å². The summed E-state index contributed by atoms with van der Waals surface area (Å²) < 4.78 is 6.30. The van der Waals surface area contributed by atoms with Gasteiger partial charge in [-0.1, -0.05) is 11.8 Å². The molecule has 2 aromatic rings. The van der Waals surface area contributed by atoms with Crippen molar-refractivity contribution in [2.75, 3.05) is 6.26 Å². The van der Waals surface area contributed by atoms with Gasteiger partial charge in [-0.2, -0.15) is 9.78 Å². The fourth-order valence-electron chi connectivity index (χ4n) is 1.15. The molecule has 0 fully saturated rings. The first-order valence-corrected chi connectivity index (χ1v) is 6.03. The Bertz CT molecular complexity index is 589. The Kier molecular flexibility index (Phi) is 3.38. The molecule has 17 heavy (non-hydrogen) atoms. The van der Waals surface area contributed by atoms with E-state index in [0.29, 0.717) is 16.6 Å². The third-order valence-corrected chi connectivity index (χ3v) is 2.61. The lowest BCUT2D eigenvalue weighted by Gasteiger charge is -2.02. The summed E-state index contributed by atoms with van der Waals surface area (Å²) in [6.07, 6.45) is 4.80. The molecular formula is C10H10N4O2S. The van der Waals surface area contributed by atoms with Crippen LogP contribution in [0, 0.1) is 6.92 Å². The zero-order chi connectivity index (χ0) is 12.3. The molecule has 88 valence electrons. The van der Waals surface area contributed by atoms with E-state index in [4.69, 9.17) is 4.42 Å². The van der Waals surface area contributed by atoms with Crippen LogP contribution in [0.2, 0.25) is 0 Å². The van der Waals surface area contributed by atoms with Gasteiger partial charge in [0, 0.05) is 0 Å². The van der Waals surface area contributed by atoms with E-state index in [9.17, 15) is 4.79 Å². The largest absolute Gasteiger partial charge is 0.463 e. The fourth-order valence-corrected chi connectivity index (χ4v) is 1.58. The molecule has 0 aliphatic carbocycles. The van der Waals surface area contributed by atoms with Crippen LogP contribution in [0.25, 0.3) is 0 Å². The van der Waals surface area contributed by atoms with Gasteiger partial charge in [-0.15, -0.1) is 10.2 Å². The maximum absolute atomic E-state index is 11.8. The van der Waals surface area contributed by atoms with Crippen molar-refractivity contribution in [3.63, 3.8) is 0 Å². The van der Waals surface area contributed by atoms with Crippen LogP contribution < -0.4 is 5.56 Å². The van der Waals surface area contributed by atoms with Crippen LogP contribution in [-0.2, 0) is 0 Å². The third-order valence-electron chi connectivity index (χ3n) is 1.99. The van der Waals surface area contributed by atoms with Gasteiger partial charge in [0.05, 0.1) is 12.5 Å². The highest BCUT2D eigenvalue weighted by Crippen LogP contribution is 2.07. The molecule has 0 radical (unpaired) electrons. The van der Waals surface area contributed by atoms with Gasteiger partial charge in [-0.05, 0) is 25.3 Å². The molecule has 0 aliphatic heterocycles. The van der Waals surface area contributed by atoms with Gasteiger partial charge in [0.1, 0.15) is 11.5 Å². The predicted octanol–water partition coefficient (Wildman–Crippen LogP) is 1.14. The summed E-state index contributed by atoms with van der Waals surface area (Å²) in [6, 6.07) is 3.49. The van der Waals surface area contributed by atoms with Crippen LogP contribution in [0.5, 0.6) is 0 Å². The SMILES string of the molecule is CSc1nnc(C)c(=O)n1/N=C\c1ccco1. The summed E-state index contributed by atoms with van der Waals surface area (Å²) in [7, 11) is 0. The first-order chi connectivity index (χ1) is 8.22. The minimum Gasteiger partial charge on any atom is -0.463 e. The van der Waals surface area contributed by atoms with Gasteiger partial charge in [0.25, 0.3) is 5.56 Å². The van der Waals surface area contributed by atoms with Crippen LogP contribution in [0.15, 0.2) is 37.9 Å². The number of rotatable bonds is 3. The number of nitrogens with zero attached hydrogens (tertiary/aromatic N) is 4. The van der Waals surface area contributed by atoms with E-state index in [2.05, 4.69) is 15.3 Å². The smallest absolute Gasteiger partial charge is 0.296 e. The Morgan fingerprint density at radius 1 is 1.53 bits per heavy atom. The average molecular weight is 250 g/mol. The van der Waals surface area contributed by atoms with Crippen molar-refractivity contribution in [2.24, 2.45) is 5.10 Å². The van der Waals surface area contributed by atoms with E-state index < -0.39 is 0 Å². The molecule has 2 heterocycles. The third kappa shape index (κ3) is 2.44. The summed E-state index contributed by atoms with van der Waals surface area (Å²) in [5.41, 5.74) is 0.0200. The second-order valence-corrected chi connectivity index (χ2v) is 3.92. The van der Waals surface area contributed by atoms with E-state index in [0.717, 1.165) is 0 Å². The van der Waals surface area contributed by atoms with Crippen LogP contribution in [0.1, 0.15) is 11.5 Å². The predicted molar refractivity (Wildman–Crippen MR) is 64.5 cm³/mol. The number of hydrogen-bond donors (Lipinski definition) is 0. The standard InChI is InChI=1S/C10H10N4O2S/c1-7-9(15)14(10(17-2)13-12-7)11-6-8-4-3-5-16-8/h3-6H,1-2H3/b11-6-. The second-order valence-electron chi connectivity index (χ2n) is 3.15. The van der Waals surface area contributed by atoms with Gasteiger partial charge in [-0.3, -0.25) is 4.79 Å². The fraction of sp³-hybridized carbons (Fsp3) is 0.200. The van der Waals surface area contributed by atoms with Crippen molar-refractivity contribution in [2.45, 2.75) is 12.1 Å². The highest BCUT2D eigenvalue weighted by atomic mass is 32.2. The molecule has 0 saturated carbocycles. The molecule has 0 amide bonds. The summed E-state index contributed by atoms with van der Waals surface area (Å²) in [4.78, 5) is 11.8. The van der Waals surface area contributed by atoms with Gasteiger partial charge in [0.2, 0.25) is 5.16 Å². The lowest BCUT2D eigenvalue weighted by molar-refractivity contribution is 0.557. The van der Waals surface area contributed by atoms with Crippen molar-refractivity contribution in [1.82, 2.24) is 14.9 Å². The van der Waals surface area contributed by atoms with Gasteiger partial charge >= 0.3 is 0 Å². The topological polar surface area (TPSA) is 73.3 Å². The highest BCUT2D eigenvalue weighted by molar-refractivity contribution is 7.98. The number of thioether (sulfide) groups is 1. The molecule has 0 spiro atoms. The monoisotopic (exact) mass is 250 g/mol. The Morgan fingerprint density at radius 3 is 3.00 bits per heavy atom. The van der Waals surface area contributed by atoms with Gasteiger partial charge in [-0.25, -0.2) is 0 Å². The van der Waals surface area contributed by atoms with Crippen molar-refractivity contribution in [1.29, 1.82) is 0 Å². The zero-order valence-corrected chi connectivity index (χ0v) is 10.1. The van der Waals surface area contributed by atoms with Gasteiger partial charge < -0.3 is 4.42 Å².